The number of amidine groups is 1. The molecule has 32 heavy (non-hydrogen) atoms. The summed E-state index contributed by atoms with van der Waals surface area (Å²) < 4.78 is 7.25. The van der Waals surface area contributed by atoms with Crippen molar-refractivity contribution in [3.8, 4) is 5.75 Å². The Morgan fingerprint density at radius 3 is 2.22 bits per heavy atom. The number of carbonyl (C=O) groups excluding carboxylic acids is 1. The highest BCUT2D eigenvalue weighted by molar-refractivity contribution is 9.11. The third-order valence-electron chi connectivity index (χ3n) is 4.89. The molecule has 1 heterocycles. The summed E-state index contributed by atoms with van der Waals surface area (Å²) in [6, 6.07) is 19.6. The highest BCUT2D eigenvalue weighted by Gasteiger charge is 2.35. The SMILES string of the molecule is COc1c(Br)cc(Br)cc1/C=C1\SC(=Nc2ccc(C)cc2)N(c2ccc(C)cc2)C1=O. The molecule has 1 fully saturated rings. The van der Waals surface area contributed by atoms with Crippen molar-refractivity contribution in [1.29, 1.82) is 0 Å². The quantitative estimate of drug-likeness (QED) is 0.302. The second-order valence-corrected chi connectivity index (χ2v) is 10.1. The van der Waals surface area contributed by atoms with Gasteiger partial charge in [0.15, 0.2) is 5.17 Å². The second kappa shape index (κ2) is 9.65. The molecule has 0 bridgehead atoms. The molecule has 0 spiro atoms. The van der Waals surface area contributed by atoms with E-state index in [-0.39, 0.29) is 5.91 Å². The van der Waals surface area contributed by atoms with Crippen LogP contribution in [-0.2, 0) is 4.79 Å². The van der Waals surface area contributed by atoms with Crippen LogP contribution in [0.2, 0.25) is 0 Å². The Balaban J connectivity index is 1.81. The Hall–Kier alpha value is -2.35. The monoisotopic (exact) mass is 570 g/mol. The van der Waals surface area contributed by atoms with Crippen molar-refractivity contribution in [3.63, 3.8) is 0 Å². The van der Waals surface area contributed by atoms with Crippen LogP contribution in [0.25, 0.3) is 6.08 Å². The summed E-state index contributed by atoms with van der Waals surface area (Å²) in [7, 11) is 1.61. The van der Waals surface area contributed by atoms with Crippen molar-refractivity contribution in [2.45, 2.75) is 13.8 Å². The van der Waals surface area contributed by atoms with Crippen molar-refractivity contribution in [3.05, 3.63) is 91.2 Å². The van der Waals surface area contributed by atoms with Crippen LogP contribution in [0.1, 0.15) is 16.7 Å². The van der Waals surface area contributed by atoms with Crippen LogP contribution in [0.15, 0.2) is 79.5 Å². The second-order valence-electron chi connectivity index (χ2n) is 7.33. The highest BCUT2D eigenvalue weighted by Crippen LogP contribution is 2.40. The zero-order chi connectivity index (χ0) is 22.8. The zero-order valence-electron chi connectivity index (χ0n) is 17.7. The number of halogens is 2. The van der Waals surface area contributed by atoms with E-state index < -0.39 is 0 Å². The highest BCUT2D eigenvalue weighted by atomic mass is 79.9. The Morgan fingerprint density at radius 2 is 1.59 bits per heavy atom. The van der Waals surface area contributed by atoms with Gasteiger partial charge in [0.1, 0.15) is 5.75 Å². The Bertz CT molecular complexity index is 1240. The first-order chi connectivity index (χ1) is 15.4. The van der Waals surface area contributed by atoms with Gasteiger partial charge in [-0.3, -0.25) is 9.69 Å². The molecule has 0 N–H and O–H groups in total. The molecular weight excluding hydrogens is 552 g/mol. The first kappa shape index (κ1) is 22.8. The molecule has 7 heteroatoms. The molecule has 4 rings (SSSR count). The van der Waals surface area contributed by atoms with Gasteiger partial charge in [-0.15, -0.1) is 0 Å². The molecule has 162 valence electrons. The lowest BCUT2D eigenvalue weighted by molar-refractivity contribution is -0.113. The van der Waals surface area contributed by atoms with Crippen molar-refractivity contribution in [2.75, 3.05) is 12.0 Å². The van der Waals surface area contributed by atoms with Crippen LogP contribution in [0.4, 0.5) is 11.4 Å². The normalized spacial score (nSPS) is 16.3. The van der Waals surface area contributed by atoms with Gasteiger partial charge in [0.05, 0.1) is 27.9 Å². The van der Waals surface area contributed by atoms with Crippen LogP contribution >= 0.6 is 43.6 Å². The van der Waals surface area contributed by atoms with E-state index in [1.54, 1.807) is 12.0 Å². The van der Waals surface area contributed by atoms with E-state index in [0.29, 0.717) is 15.8 Å². The summed E-state index contributed by atoms with van der Waals surface area (Å²) in [4.78, 5) is 20.5. The van der Waals surface area contributed by atoms with E-state index >= 15 is 0 Å². The number of hydrogen-bond donors (Lipinski definition) is 0. The predicted octanol–water partition coefficient (Wildman–Crippen LogP) is 7.65. The van der Waals surface area contributed by atoms with Gasteiger partial charge in [0.2, 0.25) is 0 Å². The standard InChI is InChI=1S/C25H20Br2N2O2S/c1-15-4-8-19(9-5-15)28-25-29(20-10-6-16(2)7-11-20)24(30)22(32-25)13-17-12-18(26)14-21(27)23(17)31-3/h4-14H,1-3H3/b22-13-,28-25?. The Labute approximate surface area is 208 Å². The molecule has 1 aliphatic rings. The van der Waals surface area contributed by atoms with Gasteiger partial charge in [-0.25, -0.2) is 4.99 Å². The minimum absolute atomic E-state index is 0.122. The lowest BCUT2D eigenvalue weighted by Gasteiger charge is -2.16. The maximum Gasteiger partial charge on any atom is 0.271 e. The summed E-state index contributed by atoms with van der Waals surface area (Å²) in [5.74, 6) is 0.544. The van der Waals surface area contributed by atoms with Gasteiger partial charge in [0.25, 0.3) is 5.91 Å². The molecule has 0 aliphatic carbocycles. The lowest BCUT2D eigenvalue weighted by Crippen LogP contribution is -2.28. The predicted molar refractivity (Wildman–Crippen MR) is 141 cm³/mol. The number of carbonyl (C=O) groups is 1. The van der Waals surface area contributed by atoms with E-state index in [4.69, 9.17) is 9.73 Å². The molecule has 1 amide bonds. The number of aryl methyl sites for hydroxylation is 2. The first-order valence-corrected chi connectivity index (χ1v) is 12.2. The minimum atomic E-state index is -0.122. The Morgan fingerprint density at radius 1 is 0.969 bits per heavy atom. The van der Waals surface area contributed by atoms with E-state index in [9.17, 15) is 4.79 Å². The summed E-state index contributed by atoms with van der Waals surface area (Å²) >= 11 is 8.40. The van der Waals surface area contributed by atoms with Gasteiger partial charge in [-0.2, -0.15) is 0 Å². The van der Waals surface area contributed by atoms with E-state index in [2.05, 4.69) is 31.9 Å². The van der Waals surface area contributed by atoms with Crippen molar-refractivity contribution in [1.82, 2.24) is 0 Å². The van der Waals surface area contributed by atoms with Gasteiger partial charge < -0.3 is 4.74 Å². The number of methoxy groups -OCH3 is 1. The van der Waals surface area contributed by atoms with Crippen LogP contribution in [0, 0.1) is 13.8 Å². The summed E-state index contributed by atoms with van der Waals surface area (Å²) in [5.41, 5.74) is 4.67. The fraction of sp³-hybridized carbons (Fsp3) is 0.120. The maximum atomic E-state index is 13.5. The maximum absolute atomic E-state index is 13.5. The Kier molecular flexibility index (Phi) is 6.88. The molecule has 1 saturated heterocycles. The molecule has 1 aliphatic heterocycles. The topological polar surface area (TPSA) is 41.9 Å². The van der Waals surface area contributed by atoms with Crippen LogP contribution in [0.5, 0.6) is 5.75 Å². The smallest absolute Gasteiger partial charge is 0.271 e. The third kappa shape index (κ3) is 4.85. The van der Waals surface area contributed by atoms with Gasteiger partial charge in [-0.1, -0.05) is 51.3 Å². The average Bonchev–Trinajstić information content (AvgIpc) is 3.05. The van der Waals surface area contributed by atoms with E-state index in [1.807, 2.05) is 80.6 Å². The van der Waals surface area contributed by atoms with E-state index in [0.717, 1.165) is 37.0 Å². The summed E-state index contributed by atoms with van der Waals surface area (Å²) in [5, 5.41) is 0.613. The number of rotatable bonds is 4. The number of nitrogens with zero attached hydrogens (tertiary/aromatic N) is 2. The van der Waals surface area contributed by atoms with Crippen LogP contribution in [-0.4, -0.2) is 18.2 Å². The number of thioether (sulfide) groups is 1. The van der Waals surface area contributed by atoms with Crippen molar-refractivity contribution in [2.24, 2.45) is 4.99 Å². The van der Waals surface area contributed by atoms with Crippen LogP contribution in [0.3, 0.4) is 0 Å². The average molecular weight is 572 g/mol. The number of anilines is 1. The number of hydrogen-bond acceptors (Lipinski definition) is 4. The molecule has 0 unspecified atom stereocenters. The molecule has 0 saturated carbocycles. The van der Waals surface area contributed by atoms with Crippen molar-refractivity contribution < 1.29 is 9.53 Å². The molecule has 0 radical (unpaired) electrons. The molecular formula is C25H20Br2N2O2S. The van der Waals surface area contributed by atoms with Crippen molar-refractivity contribution >= 4 is 72.1 Å². The molecule has 3 aromatic carbocycles. The number of aliphatic imine (C=N–C) groups is 1. The lowest BCUT2D eigenvalue weighted by atomic mass is 10.1. The largest absolute Gasteiger partial charge is 0.495 e. The first-order valence-electron chi connectivity index (χ1n) is 9.85. The zero-order valence-corrected chi connectivity index (χ0v) is 21.7. The minimum Gasteiger partial charge on any atom is -0.495 e. The van der Waals surface area contributed by atoms with Gasteiger partial charge in [0, 0.05) is 10.0 Å². The molecule has 3 aromatic rings. The molecule has 4 nitrogen and oxygen atoms in total. The van der Waals surface area contributed by atoms with Gasteiger partial charge >= 0.3 is 0 Å². The van der Waals surface area contributed by atoms with Crippen LogP contribution < -0.4 is 9.64 Å². The molecule has 0 aromatic heterocycles. The number of ether oxygens (including phenoxy) is 1. The van der Waals surface area contributed by atoms with Gasteiger partial charge in [-0.05, 0) is 84.0 Å². The molecule has 0 atom stereocenters. The summed E-state index contributed by atoms with van der Waals surface area (Å²) in [6.07, 6.45) is 1.85. The van der Waals surface area contributed by atoms with E-state index in [1.165, 1.54) is 11.8 Å². The third-order valence-corrected chi connectivity index (χ3v) is 6.90. The fourth-order valence-corrected chi connectivity index (χ4v) is 5.66. The fourth-order valence-electron chi connectivity index (χ4n) is 3.24. The number of amides is 1. The number of benzene rings is 3. The summed E-state index contributed by atoms with van der Waals surface area (Å²) in [6.45, 7) is 4.06.